The van der Waals surface area contributed by atoms with E-state index in [1.807, 2.05) is 30.0 Å². The van der Waals surface area contributed by atoms with Gasteiger partial charge in [-0.05, 0) is 37.7 Å². The molecule has 1 aromatic rings. The van der Waals surface area contributed by atoms with E-state index in [9.17, 15) is 4.79 Å². The second-order valence-corrected chi connectivity index (χ2v) is 4.95. The molecule has 0 aromatic heterocycles. The molecule has 0 bridgehead atoms. The summed E-state index contributed by atoms with van der Waals surface area (Å²) >= 11 is 1.83. The molecule has 0 amide bonds. The molecule has 92 valence electrons. The van der Waals surface area contributed by atoms with Gasteiger partial charge in [0, 0.05) is 10.5 Å². The molecule has 0 saturated heterocycles. The molecular weight excluding hydrogens is 232 g/mol. The van der Waals surface area contributed by atoms with E-state index in [-0.39, 0.29) is 5.97 Å². The molecule has 0 aliphatic rings. The number of ether oxygens (including phenoxy) is 1. The lowest BCUT2D eigenvalue weighted by atomic mass is 10.3. The first-order chi connectivity index (χ1) is 8.20. The van der Waals surface area contributed by atoms with Crippen molar-refractivity contribution in [1.29, 1.82) is 0 Å². The van der Waals surface area contributed by atoms with E-state index in [4.69, 9.17) is 4.74 Å². The van der Waals surface area contributed by atoms with Gasteiger partial charge in [-0.1, -0.05) is 24.8 Å². The summed E-state index contributed by atoms with van der Waals surface area (Å²) in [5.41, 5.74) is 0.462. The monoisotopic (exact) mass is 250 g/mol. The Kier molecular flexibility index (Phi) is 6.48. The van der Waals surface area contributed by atoms with Crippen LogP contribution in [0.2, 0.25) is 0 Å². The smallest absolute Gasteiger partial charge is 0.333 e. The van der Waals surface area contributed by atoms with Crippen LogP contribution in [0.5, 0.6) is 0 Å². The van der Waals surface area contributed by atoms with Crippen LogP contribution in [0.25, 0.3) is 0 Å². The molecule has 0 unspecified atom stereocenters. The summed E-state index contributed by atoms with van der Waals surface area (Å²) in [5, 5.41) is 0. The molecule has 0 heterocycles. The summed E-state index contributed by atoms with van der Waals surface area (Å²) in [4.78, 5) is 12.4. The van der Waals surface area contributed by atoms with E-state index < -0.39 is 0 Å². The Balaban J connectivity index is 2.02. The lowest BCUT2D eigenvalue weighted by molar-refractivity contribution is -0.139. The van der Waals surface area contributed by atoms with Crippen LogP contribution >= 0.6 is 11.8 Å². The maximum Gasteiger partial charge on any atom is 0.333 e. The molecule has 0 fully saturated rings. The molecular formula is C14H18O2S. The minimum absolute atomic E-state index is 0.291. The predicted molar refractivity (Wildman–Crippen MR) is 72.2 cm³/mol. The SMILES string of the molecule is C=C(C)C(=O)OCCCCSc1ccccc1. The van der Waals surface area contributed by atoms with Gasteiger partial charge in [0.25, 0.3) is 0 Å². The van der Waals surface area contributed by atoms with Gasteiger partial charge in [0.1, 0.15) is 0 Å². The highest BCUT2D eigenvalue weighted by Crippen LogP contribution is 2.18. The third-order valence-corrected chi connectivity index (χ3v) is 3.23. The Hall–Kier alpha value is -1.22. The van der Waals surface area contributed by atoms with Crippen LogP contribution in [-0.2, 0) is 9.53 Å². The number of benzene rings is 1. The average molecular weight is 250 g/mol. The minimum atomic E-state index is -0.291. The van der Waals surface area contributed by atoms with Crippen molar-refractivity contribution in [3.05, 3.63) is 42.5 Å². The molecule has 0 N–H and O–H groups in total. The molecule has 3 heteroatoms. The van der Waals surface area contributed by atoms with Gasteiger partial charge in [0.2, 0.25) is 0 Å². The van der Waals surface area contributed by atoms with Gasteiger partial charge < -0.3 is 4.74 Å². The highest BCUT2D eigenvalue weighted by atomic mass is 32.2. The standard InChI is InChI=1S/C14H18O2S/c1-12(2)14(15)16-10-6-7-11-17-13-8-4-3-5-9-13/h3-5,8-9H,1,6-7,10-11H2,2H3. The molecule has 17 heavy (non-hydrogen) atoms. The summed E-state index contributed by atoms with van der Waals surface area (Å²) < 4.78 is 5.01. The van der Waals surface area contributed by atoms with Crippen molar-refractivity contribution in [3.63, 3.8) is 0 Å². The summed E-state index contributed by atoms with van der Waals surface area (Å²) in [6, 6.07) is 10.3. The number of hydrogen-bond acceptors (Lipinski definition) is 3. The average Bonchev–Trinajstić information content (AvgIpc) is 2.34. The van der Waals surface area contributed by atoms with Gasteiger partial charge in [-0.2, -0.15) is 0 Å². The van der Waals surface area contributed by atoms with Crippen LogP contribution in [0.3, 0.4) is 0 Å². The van der Waals surface area contributed by atoms with E-state index >= 15 is 0 Å². The van der Waals surface area contributed by atoms with E-state index in [1.165, 1.54) is 4.90 Å². The molecule has 2 nitrogen and oxygen atoms in total. The minimum Gasteiger partial charge on any atom is -0.462 e. The molecule has 0 saturated carbocycles. The van der Waals surface area contributed by atoms with Crippen LogP contribution in [0.4, 0.5) is 0 Å². The zero-order chi connectivity index (χ0) is 12.5. The lowest BCUT2D eigenvalue weighted by Gasteiger charge is -2.04. The number of rotatable bonds is 7. The number of carbonyl (C=O) groups is 1. The molecule has 0 aliphatic carbocycles. The molecule has 1 aromatic carbocycles. The maximum absolute atomic E-state index is 11.1. The second-order valence-electron chi connectivity index (χ2n) is 3.78. The largest absolute Gasteiger partial charge is 0.462 e. The van der Waals surface area contributed by atoms with Crippen molar-refractivity contribution in [1.82, 2.24) is 0 Å². The van der Waals surface area contributed by atoms with Gasteiger partial charge in [-0.25, -0.2) is 4.79 Å². The Morgan fingerprint density at radius 3 is 2.65 bits per heavy atom. The van der Waals surface area contributed by atoms with E-state index in [0.29, 0.717) is 12.2 Å². The van der Waals surface area contributed by atoms with Crippen molar-refractivity contribution in [2.24, 2.45) is 0 Å². The highest BCUT2D eigenvalue weighted by Gasteiger charge is 2.01. The normalized spacial score (nSPS) is 9.94. The quantitative estimate of drug-likeness (QED) is 0.319. The fourth-order valence-corrected chi connectivity index (χ4v) is 2.13. The zero-order valence-electron chi connectivity index (χ0n) is 10.1. The zero-order valence-corrected chi connectivity index (χ0v) is 11.0. The van der Waals surface area contributed by atoms with Gasteiger partial charge in [0.05, 0.1) is 6.61 Å². The molecule has 0 radical (unpaired) electrons. The second kappa shape index (κ2) is 7.96. The van der Waals surface area contributed by atoms with Gasteiger partial charge in [-0.15, -0.1) is 11.8 Å². The number of unbranched alkanes of at least 4 members (excludes halogenated alkanes) is 1. The predicted octanol–water partition coefficient (Wildman–Crippen LogP) is 3.68. The first kappa shape index (κ1) is 13.8. The summed E-state index contributed by atoms with van der Waals surface area (Å²) in [6.07, 6.45) is 1.95. The van der Waals surface area contributed by atoms with Crippen LogP contribution in [0.1, 0.15) is 19.8 Å². The van der Waals surface area contributed by atoms with Crippen molar-refractivity contribution < 1.29 is 9.53 Å². The van der Waals surface area contributed by atoms with Crippen LogP contribution in [-0.4, -0.2) is 18.3 Å². The summed E-state index contributed by atoms with van der Waals surface area (Å²) in [6.45, 7) is 5.68. The molecule has 0 spiro atoms. The Morgan fingerprint density at radius 2 is 2.00 bits per heavy atom. The highest BCUT2D eigenvalue weighted by molar-refractivity contribution is 7.99. The van der Waals surface area contributed by atoms with Crippen molar-refractivity contribution in [3.8, 4) is 0 Å². The number of esters is 1. The third kappa shape index (κ3) is 6.17. The van der Waals surface area contributed by atoms with E-state index in [1.54, 1.807) is 6.92 Å². The van der Waals surface area contributed by atoms with E-state index in [0.717, 1.165) is 18.6 Å². The van der Waals surface area contributed by atoms with Crippen LogP contribution in [0, 0.1) is 0 Å². The van der Waals surface area contributed by atoms with Gasteiger partial charge >= 0.3 is 5.97 Å². The van der Waals surface area contributed by atoms with Crippen molar-refractivity contribution in [2.75, 3.05) is 12.4 Å². The first-order valence-electron chi connectivity index (χ1n) is 5.70. The number of carbonyl (C=O) groups excluding carboxylic acids is 1. The third-order valence-electron chi connectivity index (χ3n) is 2.13. The Morgan fingerprint density at radius 1 is 1.29 bits per heavy atom. The van der Waals surface area contributed by atoms with Crippen LogP contribution < -0.4 is 0 Å². The lowest BCUT2D eigenvalue weighted by Crippen LogP contribution is -2.06. The van der Waals surface area contributed by atoms with Crippen molar-refractivity contribution >= 4 is 17.7 Å². The fourth-order valence-electron chi connectivity index (χ4n) is 1.20. The summed E-state index contributed by atoms with van der Waals surface area (Å²) in [7, 11) is 0. The molecule has 0 atom stereocenters. The maximum atomic E-state index is 11.1. The Bertz CT molecular complexity index is 360. The number of thioether (sulfide) groups is 1. The van der Waals surface area contributed by atoms with Gasteiger partial charge in [-0.3, -0.25) is 0 Å². The summed E-state index contributed by atoms with van der Waals surface area (Å²) in [5.74, 6) is 0.759. The molecule has 0 aliphatic heterocycles. The van der Waals surface area contributed by atoms with Crippen LogP contribution in [0.15, 0.2) is 47.4 Å². The molecule has 1 rings (SSSR count). The Labute approximate surface area is 107 Å². The first-order valence-corrected chi connectivity index (χ1v) is 6.69. The topological polar surface area (TPSA) is 26.3 Å². The van der Waals surface area contributed by atoms with Crippen molar-refractivity contribution in [2.45, 2.75) is 24.7 Å². The number of hydrogen-bond donors (Lipinski definition) is 0. The fraction of sp³-hybridized carbons (Fsp3) is 0.357. The van der Waals surface area contributed by atoms with E-state index in [2.05, 4.69) is 18.7 Å². The van der Waals surface area contributed by atoms with Gasteiger partial charge in [0.15, 0.2) is 0 Å².